The first kappa shape index (κ1) is 28.1. The Morgan fingerprint density at radius 2 is 1.71 bits per heavy atom. The Balaban J connectivity index is 0.989. The van der Waals surface area contributed by atoms with Gasteiger partial charge in [0.1, 0.15) is 0 Å². The molecule has 6 nitrogen and oxygen atoms in total. The maximum absolute atomic E-state index is 12.7. The fourth-order valence-electron chi connectivity index (χ4n) is 9.13. The van der Waals surface area contributed by atoms with Crippen molar-refractivity contribution in [2.24, 2.45) is 39.7 Å². The van der Waals surface area contributed by atoms with E-state index >= 15 is 0 Å². The van der Waals surface area contributed by atoms with Gasteiger partial charge in [-0.1, -0.05) is 67.5 Å². The van der Waals surface area contributed by atoms with Crippen LogP contribution in [0.25, 0.3) is 0 Å². The molecule has 0 spiro atoms. The average molecular weight is 557 g/mol. The summed E-state index contributed by atoms with van der Waals surface area (Å²) in [5, 5.41) is 18.0. The van der Waals surface area contributed by atoms with Crippen molar-refractivity contribution in [2.45, 2.75) is 84.3 Å². The van der Waals surface area contributed by atoms with Gasteiger partial charge in [-0.15, -0.1) is 0 Å². The molecule has 4 fully saturated rings. The third kappa shape index (κ3) is 5.36. The lowest BCUT2D eigenvalue weighted by molar-refractivity contribution is -0.126. The molecule has 2 N–H and O–H groups in total. The highest BCUT2D eigenvalue weighted by molar-refractivity contribution is 6.09. The van der Waals surface area contributed by atoms with Crippen LogP contribution in [0.15, 0.2) is 59.8 Å². The number of carbonyl (C=O) groups excluding carboxylic acids is 2. The summed E-state index contributed by atoms with van der Waals surface area (Å²) in [5.41, 5.74) is 3.67. The van der Waals surface area contributed by atoms with Gasteiger partial charge < -0.3 is 15.3 Å². The number of ketones is 1. The topological polar surface area (TPSA) is 88.0 Å². The average Bonchev–Trinajstić information content (AvgIpc) is 3.30. The molecule has 0 aromatic heterocycles. The Hall–Kier alpha value is -2.99. The van der Waals surface area contributed by atoms with E-state index in [1.165, 1.54) is 25.7 Å². The smallest absolute Gasteiger partial charge is 0.261 e. The number of rotatable bonds is 7. The summed E-state index contributed by atoms with van der Waals surface area (Å²) in [7, 11) is 0. The maximum atomic E-state index is 12.7. The van der Waals surface area contributed by atoms with Gasteiger partial charge in [-0.2, -0.15) is 0 Å². The Bertz CT molecular complexity index is 1310. The van der Waals surface area contributed by atoms with Gasteiger partial charge in [0.2, 0.25) is 0 Å². The van der Waals surface area contributed by atoms with Crippen LogP contribution in [0.3, 0.4) is 0 Å². The number of hydrogen-bond donors (Lipinski definition) is 2. The standard InChI is InChI=1S/C35H44N2O4/c1-34-17-15-27(20-26(34)11-12-28-29-13-14-31(38)35(29,2)18-16-30(28)34)37-41-22-32(39)36-21-23-7-6-10-25(19-23)33(40)24-8-4-3-5-9-24/h3-10,19,26,28-31,38H,11-18,20-22H2,1-2H3,(H,36,39)/b37-27+/t26-,28-,29-,30-,31-,34-,35-/m0/s1. The van der Waals surface area contributed by atoms with Crippen molar-refractivity contribution in [3.8, 4) is 0 Å². The van der Waals surface area contributed by atoms with Crippen LogP contribution in [0, 0.1) is 34.5 Å². The number of aliphatic hydroxyl groups is 1. The Morgan fingerprint density at radius 3 is 2.54 bits per heavy atom. The van der Waals surface area contributed by atoms with Gasteiger partial charge in [0.25, 0.3) is 5.91 Å². The fourth-order valence-corrected chi connectivity index (χ4v) is 9.13. The summed E-state index contributed by atoms with van der Waals surface area (Å²) in [6.07, 6.45) is 10.00. The number of carbonyl (C=O) groups is 2. The molecule has 6 heteroatoms. The molecule has 0 heterocycles. The highest BCUT2D eigenvalue weighted by Gasteiger charge is 2.59. The highest BCUT2D eigenvalue weighted by atomic mass is 16.6. The van der Waals surface area contributed by atoms with Gasteiger partial charge in [0.05, 0.1) is 11.8 Å². The van der Waals surface area contributed by atoms with Gasteiger partial charge in [-0.05, 0) is 104 Å². The molecule has 7 atom stereocenters. The highest BCUT2D eigenvalue weighted by Crippen LogP contribution is 2.66. The summed E-state index contributed by atoms with van der Waals surface area (Å²) in [6, 6.07) is 16.6. The van der Waals surface area contributed by atoms with Crippen LogP contribution in [-0.4, -0.2) is 35.2 Å². The fraction of sp³-hybridized carbons (Fsp3) is 0.571. The predicted octanol–water partition coefficient (Wildman–Crippen LogP) is 6.31. The lowest BCUT2D eigenvalue weighted by Gasteiger charge is -2.60. The summed E-state index contributed by atoms with van der Waals surface area (Å²) in [5.74, 6) is 2.55. The van der Waals surface area contributed by atoms with E-state index in [0.29, 0.717) is 34.9 Å². The first-order valence-corrected chi connectivity index (χ1v) is 15.6. The van der Waals surface area contributed by atoms with Crippen molar-refractivity contribution >= 4 is 17.4 Å². The zero-order valence-corrected chi connectivity index (χ0v) is 24.5. The minimum atomic E-state index is -0.223. The molecule has 4 aliphatic rings. The monoisotopic (exact) mass is 556 g/mol. The number of aliphatic hydroxyl groups excluding tert-OH is 1. The SMILES string of the molecule is C[C@]12CC/C(=N\OCC(=O)NCc3cccc(C(=O)c4ccccc4)c3)C[C@@H]1CC[C@@H]1[C@@H]2CC[C@]2(C)[C@@H](O)CC[C@@H]12. The molecule has 1 amide bonds. The van der Waals surface area contributed by atoms with E-state index in [2.05, 4.69) is 24.3 Å². The second kappa shape index (κ2) is 11.4. The van der Waals surface area contributed by atoms with Crippen LogP contribution in [-0.2, 0) is 16.2 Å². The van der Waals surface area contributed by atoms with Crippen molar-refractivity contribution < 1.29 is 19.5 Å². The van der Waals surface area contributed by atoms with E-state index in [1.54, 1.807) is 18.2 Å². The van der Waals surface area contributed by atoms with Crippen molar-refractivity contribution in [1.29, 1.82) is 0 Å². The van der Waals surface area contributed by atoms with Crippen molar-refractivity contribution in [3.63, 3.8) is 0 Å². The van der Waals surface area contributed by atoms with E-state index in [-0.39, 0.29) is 29.8 Å². The van der Waals surface area contributed by atoms with Gasteiger partial charge >= 0.3 is 0 Å². The second-order valence-electron chi connectivity index (χ2n) is 13.6. The normalized spacial score (nSPS) is 35.2. The molecular weight excluding hydrogens is 512 g/mol. The predicted molar refractivity (Wildman–Crippen MR) is 159 cm³/mol. The molecule has 0 aliphatic heterocycles. The second-order valence-corrected chi connectivity index (χ2v) is 13.6. The molecule has 0 saturated heterocycles. The number of oxime groups is 1. The minimum absolute atomic E-state index is 0.0331. The third-order valence-corrected chi connectivity index (χ3v) is 11.6. The molecule has 2 aromatic carbocycles. The summed E-state index contributed by atoms with van der Waals surface area (Å²) < 4.78 is 0. The number of amides is 1. The number of nitrogens with zero attached hydrogens (tertiary/aromatic N) is 1. The Morgan fingerprint density at radius 1 is 0.927 bits per heavy atom. The van der Waals surface area contributed by atoms with Crippen LogP contribution >= 0.6 is 0 Å². The molecule has 2 aromatic rings. The van der Waals surface area contributed by atoms with E-state index in [1.807, 2.05) is 36.4 Å². The van der Waals surface area contributed by atoms with E-state index in [9.17, 15) is 14.7 Å². The number of hydrogen-bond acceptors (Lipinski definition) is 5. The van der Waals surface area contributed by atoms with Crippen molar-refractivity contribution in [2.75, 3.05) is 6.61 Å². The van der Waals surface area contributed by atoms with Crippen LogP contribution in [0.2, 0.25) is 0 Å². The maximum Gasteiger partial charge on any atom is 0.261 e. The lowest BCUT2D eigenvalue weighted by Crippen LogP contribution is -2.54. The first-order valence-electron chi connectivity index (χ1n) is 15.6. The van der Waals surface area contributed by atoms with E-state index < -0.39 is 0 Å². The quantitative estimate of drug-likeness (QED) is 0.309. The van der Waals surface area contributed by atoms with Gasteiger partial charge in [-0.25, -0.2) is 0 Å². The van der Waals surface area contributed by atoms with E-state index in [4.69, 9.17) is 4.84 Å². The van der Waals surface area contributed by atoms with Crippen LogP contribution < -0.4 is 5.32 Å². The molecule has 4 saturated carbocycles. The van der Waals surface area contributed by atoms with Gasteiger partial charge in [0.15, 0.2) is 12.4 Å². The van der Waals surface area contributed by atoms with E-state index in [0.717, 1.165) is 55.2 Å². The minimum Gasteiger partial charge on any atom is -0.393 e. The van der Waals surface area contributed by atoms with Crippen molar-refractivity contribution in [3.05, 3.63) is 71.3 Å². The Labute approximate surface area is 243 Å². The molecule has 0 unspecified atom stereocenters. The molecule has 0 radical (unpaired) electrons. The van der Waals surface area contributed by atoms with Crippen molar-refractivity contribution in [1.82, 2.24) is 5.32 Å². The molecular formula is C35H44N2O4. The third-order valence-electron chi connectivity index (χ3n) is 11.6. The molecule has 41 heavy (non-hydrogen) atoms. The molecule has 0 bridgehead atoms. The van der Waals surface area contributed by atoms with Crippen LogP contribution in [0.1, 0.15) is 93.1 Å². The van der Waals surface area contributed by atoms with Gasteiger partial charge in [0, 0.05) is 17.7 Å². The van der Waals surface area contributed by atoms with Crippen LogP contribution in [0.4, 0.5) is 0 Å². The molecule has 218 valence electrons. The summed E-state index contributed by atoms with van der Waals surface area (Å²) >= 11 is 0. The zero-order valence-electron chi connectivity index (χ0n) is 24.5. The molecule has 6 rings (SSSR count). The molecule has 4 aliphatic carbocycles. The number of fused-ring (bicyclic) bond motifs is 5. The number of nitrogens with one attached hydrogen (secondary N) is 1. The van der Waals surface area contributed by atoms with Crippen LogP contribution in [0.5, 0.6) is 0 Å². The largest absolute Gasteiger partial charge is 0.393 e. The first-order chi connectivity index (χ1) is 19.8. The number of benzene rings is 2. The summed E-state index contributed by atoms with van der Waals surface area (Å²) in [6.45, 7) is 5.09. The lowest BCUT2D eigenvalue weighted by atomic mass is 9.45. The summed E-state index contributed by atoms with van der Waals surface area (Å²) in [4.78, 5) is 30.8. The Kier molecular flexibility index (Phi) is 7.80. The zero-order chi connectivity index (χ0) is 28.6. The van der Waals surface area contributed by atoms with Gasteiger partial charge in [-0.3, -0.25) is 9.59 Å².